The van der Waals surface area contributed by atoms with Crippen molar-refractivity contribution in [2.75, 3.05) is 0 Å². The van der Waals surface area contributed by atoms with Crippen molar-refractivity contribution in [2.45, 2.75) is 58.5 Å². The summed E-state index contributed by atoms with van der Waals surface area (Å²) in [7, 11) is 0. The molecule has 0 saturated heterocycles. The van der Waals surface area contributed by atoms with Crippen molar-refractivity contribution >= 4 is 10.9 Å². The first kappa shape index (κ1) is 15.0. The molecule has 2 aromatic rings. The molecule has 1 aromatic heterocycles. The Labute approximate surface area is 122 Å². The van der Waals surface area contributed by atoms with Crippen molar-refractivity contribution in [3.8, 4) is 0 Å². The lowest BCUT2D eigenvalue weighted by atomic mass is 10.1. The summed E-state index contributed by atoms with van der Waals surface area (Å²) in [6, 6.07) is 11.2. The number of unbranched alkanes of at least 4 members (excludes halogenated alkanes) is 3. The van der Waals surface area contributed by atoms with Crippen molar-refractivity contribution in [3.05, 3.63) is 42.1 Å². The Balaban J connectivity index is 1.80. The zero-order chi connectivity index (χ0) is 14.2. The van der Waals surface area contributed by atoms with Gasteiger partial charge in [0.1, 0.15) is 0 Å². The molecule has 2 nitrogen and oxygen atoms in total. The topological polar surface area (TPSA) is 24.9 Å². The number of pyridine rings is 1. The van der Waals surface area contributed by atoms with Gasteiger partial charge in [0.25, 0.3) is 0 Å². The molecular weight excluding hydrogens is 244 g/mol. The van der Waals surface area contributed by atoms with E-state index in [0.29, 0.717) is 6.04 Å². The van der Waals surface area contributed by atoms with Gasteiger partial charge < -0.3 is 5.32 Å². The van der Waals surface area contributed by atoms with E-state index in [1.165, 1.54) is 43.1 Å². The summed E-state index contributed by atoms with van der Waals surface area (Å²) in [5.41, 5.74) is 2.41. The number of nitrogens with one attached hydrogen (secondary N) is 1. The molecule has 2 heteroatoms. The molecule has 20 heavy (non-hydrogen) atoms. The second-order valence-electron chi connectivity index (χ2n) is 5.66. The molecule has 1 atom stereocenters. The molecule has 0 radical (unpaired) electrons. The fourth-order valence-electron chi connectivity index (χ4n) is 2.51. The largest absolute Gasteiger partial charge is 0.310 e. The molecule has 0 aliphatic heterocycles. The number of hydrogen-bond acceptors (Lipinski definition) is 2. The van der Waals surface area contributed by atoms with Crippen molar-refractivity contribution in [1.82, 2.24) is 10.3 Å². The molecule has 0 aliphatic rings. The predicted molar refractivity (Wildman–Crippen MR) is 86.8 cm³/mol. The van der Waals surface area contributed by atoms with Gasteiger partial charge in [0, 0.05) is 24.2 Å². The molecule has 108 valence electrons. The second kappa shape index (κ2) is 8.01. The number of fused-ring (bicyclic) bond motifs is 1. The lowest BCUT2D eigenvalue weighted by Gasteiger charge is -2.14. The van der Waals surface area contributed by atoms with Crippen LogP contribution < -0.4 is 5.32 Å². The van der Waals surface area contributed by atoms with Gasteiger partial charge in [-0.2, -0.15) is 0 Å². The van der Waals surface area contributed by atoms with E-state index in [1.54, 1.807) is 0 Å². The smallest absolute Gasteiger partial charge is 0.0702 e. The van der Waals surface area contributed by atoms with Gasteiger partial charge in [0.15, 0.2) is 0 Å². The number of aromatic nitrogens is 1. The van der Waals surface area contributed by atoms with Gasteiger partial charge in [-0.1, -0.05) is 44.7 Å². The molecule has 2 rings (SSSR count). The molecule has 1 unspecified atom stereocenters. The third kappa shape index (κ3) is 4.61. The third-order valence-electron chi connectivity index (χ3n) is 3.81. The van der Waals surface area contributed by atoms with Crippen molar-refractivity contribution in [1.29, 1.82) is 0 Å². The quantitative estimate of drug-likeness (QED) is 0.704. The molecule has 1 N–H and O–H groups in total. The summed E-state index contributed by atoms with van der Waals surface area (Å²) in [6.07, 6.45) is 8.50. The highest BCUT2D eigenvalue weighted by Crippen LogP contribution is 2.13. The number of nitrogens with zero attached hydrogens (tertiary/aromatic N) is 1. The summed E-state index contributed by atoms with van der Waals surface area (Å²) in [5, 5.41) is 4.84. The van der Waals surface area contributed by atoms with Gasteiger partial charge in [-0.05, 0) is 37.1 Å². The Kier molecular flexibility index (Phi) is 6.00. The third-order valence-corrected chi connectivity index (χ3v) is 3.81. The van der Waals surface area contributed by atoms with Crippen LogP contribution in [0.5, 0.6) is 0 Å². The monoisotopic (exact) mass is 270 g/mol. The van der Waals surface area contributed by atoms with Crippen molar-refractivity contribution < 1.29 is 0 Å². The highest BCUT2D eigenvalue weighted by Gasteiger charge is 2.02. The number of benzene rings is 1. The van der Waals surface area contributed by atoms with Gasteiger partial charge in [-0.3, -0.25) is 4.98 Å². The minimum atomic E-state index is 0.594. The van der Waals surface area contributed by atoms with Crippen molar-refractivity contribution in [3.63, 3.8) is 0 Å². The molecule has 0 aliphatic carbocycles. The first-order valence-corrected chi connectivity index (χ1v) is 7.86. The van der Waals surface area contributed by atoms with Gasteiger partial charge in [0.2, 0.25) is 0 Å². The zero-order valence-electron chi connectivity index (χ0n) is 12.7. The predicted octanol–water partition coefficient (Wildman–Crippen LogP) is 4.68. The minimum absolute atomic E-state index is 0.594. The van der Waals surface area contributed by atoms with Crippen LogP contribution in [0.2, 0.25) is 0 Å². The second-order valence-corrected chi connectivity index (χ2v) is 5.66. The van der Waals surface area contributed by atoms with Gasteiger partial charge in [0.05, 0.1) is 5.52 Å². The number of rotatable bonds is 8. The molecule has 1 heterocycles. The van der Waals surface area contributed by atoms with Crippen LogP contribution in [0.1, 0.15) is 51.5 Å². The van der Waals surface area contributed by atoms with Crippen LogP contribution in [0.15, 0.2) is 36.5 Å². The van der Waals surface area contributed by atoms with E-state index in [9.17, 15) is 0 Å². The highest BCUT2D eigenvalue weighted by atomic mass is 14.9. The Morgan fingerprint density at radius 2 is 2.05 bits per heavy atom. The van der Waals surface area contributed by atoms with E-state index in [2.05, 4.69) is 48.4 Å². The Bertz CT molecular complexity index is 522. The maximum Gasteiger partial charge on any atom is 0.0702 e. The molecule has 1 aromatic carbocycles. The van der Waals surface area contributed by atoms with Crippen molar-refractivity contribution in [2.24, 2.45) is 0 Å². The summed E-state index contributed by atoms with van der Waals surface area (Å²) in [4.78, 5) is 4.36. The molecule has 0 fully saturated rings. The van der Waals surface area contributed by atoms with E-state index >= 15 is 0 Å². The standard InChI is InChI=1S/C18H26N2/c1-3-4-5-6-8-15(2)20-14-16-10-11-18-17(13-16)9-7-12-19-18/h7,9-13,15,20H,3-6,8,14H2,1-2H3. The molecule has 0 amide bonds. The maximum absolute atomic E-state index is 4.36. The zero-order valence-corrected chi connectivity index (χ0v) is 12.7. The van der Waals surface area contributed by atoms with Crippen LogP contribution in [-0.2, 0) is 6.54 Å². The SMILES string of the molecule is CCCCCCC(C)NCc1ccc2ncccc2c1. The lowest BCUT2D eigenvalue weighted by Crippen LogP contribution is -2.25. The van der Waals surface area contributed by atoms with Gasteiger partial charge >= 0.3 is 0 Å². The lowest BCUT2D eigenvalue weighted by molar-refractivity contribution is 0.483. The average Bonchev–Trinajstić information content (AvgIpc) is 2.49. The van der Waals surface area contributed by atoms with Gasteiger partial charge in [-0.15, -0.1) is 0 Å². The summed E-state index contributed by atoms with van der Waals surface area (Å²) in [6.45, 7) is 5.49. The normalized spacial score (nSPS) is 12.7. The van der Waals surface area contributed by atoms with Crippen LogP contribution in [-0.4, -0.2) is 11.0 Å². The molecule has 0 spiro atoms. The average molecular weight is 270 g/mol. The molecule has 0 bridgehead atoms. The van der Waals surface area contributed by atoms with Crippen LogP contribution >= 0.6 is 0 Å². The molecule has 0 saturated carbocycles. The first-order valence-electron chi connectivity index (χ1n) is 7.86. The maximum atomic E-state index is 4.36. The minimum Gasteiger partial charge on any atom is -0.310 e. The van der Waals surface area contributed by atoms with Crippen LogP contribution in [0, 0.1) is 0 Å². The summed E-state index contributed by atoms with van der Waals surface area (Å²) < 4.78 is 0. The van der Waals surface area contributed by atoms with E-state index in [0.717, 1.165) is 12.1 Å². The highest BCUT2D eigenvalue weighted by molar-refractivity contribution is 5.78. The van der Waals surface area contributed by atoms with E-state index in [-0.39, 0.29) is 0 Å². The first-order chi connectivity index (χ1) is 9.79. The van der Waals surface area contributed by atoms with Gasteiger partial charge in [-0.25, -0.2) is 0 Å². The molecular formula is C18H26N2. The summed E-state index contributed by atoms with van der Waals surface area (Å²) >= 11 is 0. The Morgan fingerprint density at radius 3 is 2.90 bits per heavy atom. The fourth-order valence-corrected chi connectivity index (χ4v) is 2.51. The Morgan fingerprint density at radius 1 is 1.15 bits per heavy atom. The Hall–Kier alpha value is -1.41. The number of hydrogen-bond donors (Lipinski definition) is 1. The van der Waals surface area contributed by atoms with Crippen LogP contribution in [0.3, 0.4) is 0 Å². The van der Waals surface area contributed by atoms with Crippen LogP contribution in [0.25, 0.3) is 10.9 Å². The van der Waals surface area contributed by atoms with Crippen LogP contribution in [0.4, 0.5) is 0 Å². The van der Waals surface area contributed by atoms with E-state index < -0.39 is 0 Å². The van der Waals surface area contributed by atoms with E-state index in [4.69, 9.17) is 0 Å². The van der Waals surface area contributed by atoms with E-state index in [1.807, 2.05) is 12.3 Å². The fraction of sp³-hybridized carbons (Fsp3) is 0.500. The summed E-state index contributed by atoms with van der Waals surface area (Å²) in [5.74, 6) is 0.